The molecule has 1 aliphatic rings. The Morgan fingerprint density at radius 2 is 1.97 bits per heavy atom. The van der Waals surface area contributed by atoms with Crippen molar-refractivity contribution < 1.29 is 14.0 Å². The van der Waals surface area contributed by atoms with Crippen molar-refractivity contribution in [2.45, 2.75) is 20.0 Å². The highest BCUT2D eigenvalue weighted by Gasteiger charge is 2.31. The van der Waals surface area contributed by atoms with E-state index in [2.05, 4.69) is 25.7 Å². The number of carbonyl (C=O) groups is 2. The van der Waals surface area contributed by atoms with Crippen LogP contribution in [0.5, 0.6) is 0 Å². The molecule has 3 heterocycles. The van der Waals surface area contributed by atoms with Gasteiger partial charge >= 0.3 is 6.03 Å². The Morgan fingerprint density at radius 1 is 1.17 bits per heavy atom. The van der Waals surface area contributed by atoms with Crippen LogP contribution in [-0.4, -0.2) is 50.3 Å². The van der Waals surface area contributed by atoms with E-state index in [-0.39, 0.29) is 30.0 Å². The van der Waals surface area contributed by atoms with Crippen LogP contribution in [0.15, 0.2) is 36.4 Å². The fourth-order valence-corrected chi connectivity index (χ4v) is 3.15. The fourth-order valence-electron chi connectivity index (χ4n) is 3.15. The normalized spacial score (nSPS) is 13.9. The number of aromatic nitrogens is 4. The molecule has 0 unspecified atom stereocenters. The molecule has 2 aromatic heterocycles. The van der Waals surface area contributed by atoms with Gasteiger partial charge in [-0.25, -0.2) is 9.18 Å². The van der Waals surface area contributed by atoms with Crippen LogP contribution in [0.4, 0.5) is 15.0 Å². The summed E-state index contributed by atoms with van der Waals surface area (Å²) in [6, 6.07) is 9.24. The summed E-state index contributed by atoms with van der Waals surface area (Å²) in [5.41, 5.74) is 2.74. The molecule has 3 amide bonds. The number of anilines is 1. The van der Waals surface area contributed by atoms with Crippen molar-refractivity contribution in [1.29, 1.82) is 0 Å². The molecule has 1 fully saturated rings. The van der Waals surface area contributed by atoms with Gasteiger partial charge in [0.15, 0.2) is 5.82 Å². The van der Waals surface area contributed by atoms with Crippen LogP contribution in [0.3, 0.4) is 0 Å². The minimum atomic E-state index is -0.334. The van der Waals surface area contributed by atoms with E-state index in [1.807, 2.05) is 13.0 Å². The number of rotatable bonds is 6. The van der Waals surface area contributed by atoms with Crippen molar-refractivity contribution in [2.75, 3.05) is 18.0 Å². The number of H-pyrrole nitrogens is 2. The molecular formula is C19H20FN7O2. The van der Waals surface area contributed by atoms with Crippen LogP contribution in [0.2, 0.25) is 0 Å². The van der Waals surface area contributed by atoms with Gasteiger partial charge in [0.05, 0.1) is 12.2 Å². The maximum atomic E-state index is 13.0. The van der Waals surface area contributed by atoms with E-state index >= 15 is 0 Å². The quantitative estimate of drug-likeness (QED) is 0.590. The third-order valence-corrected chi connectivity index (χ3v) is 4.66. The Balaban J connectivity index is 1.36. The van der Waals surface area contributed by atoms with E-state index in [4.69, 9.17) is 0 Å². The number of aryl methyl sites for hydroxylation is 1. The largest absolute Gasteiger partial charge is 0.345 e. The smallest absolute Gasteiger partial charge is 0.326 e. The highest BCUT2D eigenvalue weighted by molar-refractivity contribution is 5.96. The van der Waals surface area contributed by atoms with E-state index in [0.717, 1.165) is 17.0 Å². The van der Waals surface area contributed by atoms with Gasteiger partial charge in [-0.15, -0.1) is 0 Å². The Kier molecular flexibility index (Phi) is 4.98. The standard InChI is InChI=1S/C19H20FN7O2/c1-12-8-15(23-22-12)10-21-18(28)16-9-17(25-24-16)27-7-6-26(19(27)29)11-13-2-4-14(20)5-3-13/h2-5,8-9H,6-7,10-11H2,1H3,(H,21,28)(H,22,23)(H,24,25). The monoisotopic (exact) mass is 397 g/mol. The highest BCUT2D eigenvalue weighted by atomic mass is 19.1. The first-order chi connectivity index (χ1) is 14.0. The lowest BCUT2D eigenvalue weighted by atomic mass is 10.2. The van der Waals surface area contributed by atoms with Crippen molar-refractivity contribution in [3.8, 4) is 0 Å². The third kappa shape index (κ3) is 4.10. The Bertz CT molecular complexity index is 1030. The molecule has 0 bridgehead atoms. The van der Waals surface area contributed by atoms with Gasteiger partial charge in [0, 0.05) is 31.4 Å². The SMILES string of the molecule is Cc1cc(CNC(=O)c2cc(N3CCN(Cc4ccc(F)cc4)C3=O)n[nH]2)n[nH]1. The van der Waals surface area contributed by atoms with E-state index < -0.39 is 0 Å². The van der Waals surface area contributed by atoms with E-state index in [9.17, 15) is 14.0 Å². The van der Waals surface area contributed by atoms with Crippen molar-refractivity contribution in [2.24, 2.45) is 0 Å². The molecule has 0 saturated carbocycles. The lowest BCUT2D eigenvalue weighted by molar-refractivity contribution is 0.0945. The second-order valence-electron chi connectivity index (χ2n) is 6.85. The van der Waals surface area contributed by atoms with Crippen molar-refractivity contribution >= 4 is 17.8 Å². The van der Waals surface area contributed by atoms with Gasteiger partial charge in [0.1, 0.15) is 11.5 Å². The topological polar surface area (TPSA) is 110 Å². The van der Waals surface area contributed by atoms with Crippen molar-refractivity contribution in [1.82, 2.24) is 30.6 Å². The van der Waals surface area contributed by atoms with Crippen LogP contribution in [0.25, 0.3) is 0 Å². The summed E-state index contributed by atoms with van der Waals surface area (Å²) in [5.74, 6) is -0.260. The first-order valence-corrected chi connectivity index (χ1v) is 9.15. The van der Waals surface area contributed by atoms with Crippen LogP contribution in [-0.2, 0) is 13.1 Å². The maximum absolute atomic E-state index is 13.0. The number of benzene rings is 1. The summed E-state index contributed by atoms with van der Waals surface area (Å²) < 4.78 is 13.0. The molecule has 29 heavy (non-hydrogen) atoms. The molecule has 0 spiro atoms. The molecule has 1 aromatic carbocycles. The fraction of sp³-hybridized carbons (Fsp3) is 0.263. The minimum absolute atomic E-state index is 0.209. The van der Waals surface area contributed by atoms with Crippen LogP contribution in [0, 0.1) is 12.7 Å². The average molecular weight is 397 g/mol. The number of nitrogens with zero attached hydrogens (tertiary/aromatic N) is 4. The summed E-state index contributed by atoms with van der Waals surface area (Å²) in [4.78, 5) is 28.1. The second kappa shape index (κ2) is 7.74. The van der Waals surface area contributed by atoms with Gasteiger partial charge < -0.3 is 10.2 Å². The number of urea groups is 1. The number of amides is 3. The molecule has 0 radical (unpaired) electrons. The zero-order valence-corrected chi connectivity index (χ0v) is 15.8. The minimum Gasteiger partial charge on any atom is -0.345 e. The Morgan fingerprint density at radius 3 is 2.69 bits per heavy atom. The average Bonchev–Trinajstić information content (AvgIpc) is 3.43. The Labute approximate surface area is 165 Å². The summed E-state index contributed by atoms with van der Waals surface area (Å²) in [5, 5.41) is 16.4. The van der Waals surface area contributed by atoms with Gasteiger partial charge in [0.25, 0.3) is 5.91 Å². The predicted octanol–water partition coefficient (Wildman–Crippen LogP) is 1.95. The van der Waals surface area contributed by atoms with Crippen LogP contribution >= 0.6 is 0 Å². The first-order valence-electron chi connectivity index (χ1n) is 9.15. The molecular weight excluding hydrogens is 377 g/mol. The lowest BCUT2D eigenvalue weighted by Gasteiger charge is -2.17. The molecule has 10 heteroatoms. The number of aromatic amines is 2. The van der Waals surface area contributed by atoms with E-state index in [1.54, 1.807) is 23.1 Å². The van der Waals surface area contributed by atoms with E-state index in [0.29, 0.717) is 25.5 Å². The summed E-state index contributed by atoms with van der Waals surface area (Å²) in [6.07, 6.45) is 0. The van der Waals surface area contributed by atoms with Gasteiger partial charge in [-0.1, -0.05) is 12.1 Å². The van der Waals surface area contributed by atoms with Crippen molar-refractivity contribution in [3.05, 3.63) is 64.9 Å². The summed E-state index contributed by atoms with van der Waals surface area (Å²) in [7, 11) is 0. The maximum Gasteiger partial charge on any atom is 0.326 e. The van der Waals surface area contributed by atoms with Gasteiger partial charge in [-0.2, -0.15) is 10.2 Å². The molecule has 4 rings (SSSR count). The van der Waals surface area contributed by atoms with Crippen LogP contribution < -0.4 is 10.2 Å². The Hall–Kier alpha value is -3.69. The molecule has 3 N–H and O–H groups in total. The molecule has 9 nitrogen and oxygen atoms in total. The zero-order valence-electron chi connectivity index (χ0n) is 15.8. The van der Waals surface area contributed by atoms with Gasteiger partial charge in [0.2, 0.25) is 0 Å². The molecule has 0 atom stereocenters. The van der Waals surface area contributed by atoms with Crippen LogP contribution in [0.1, 0.15) is 27.4 Å². The highest BCUT2D eigenvalue weighted by Crippen LogP contribution is 2.20. The number of hydrogen-bond donors (Lipinski definition) is 3. The molecule has 0 aliphatic carbocycles. The lowest BCUT2D eigenvalue weighted by Crippen LogP contribution is -2.31. The van der Waals surface area contributed by atoms with Crippen molar-refractivity contribution in [3.63, 3.8) is 0 Å². The van der Waals surface area contributed by atoms with E-state index in [1.165, 1.54) is 17.0 Å². The molecule has 3 aromatic rings. The number of hydrogen-bond acceptors (Lipinski definition) is 4. The molecule has 1 aliphatic heterocycles. The van der Waals surface area contributed by atoms with Gasteiger partial charge in [-0.05, 0) is 30.7 Å². The first kappa shape index (κ1) is 18.7. The second-order valence-corrected chi connectivity index (χ2v) is 6.85. The number of nitrogens with one attached hydrogen (secondary N) is 3. The summed E-state index contributed by atoms with van der Waals surface area (Å²) in [6.45, 7) is 3.52. The molecule has 150 valence electrons. The number of carbonyl (C=O) groups excluding carboxylic acids is 2. The molecule has 1 saturated heterocycles. The summed E-state index contributed by atoms with van der Waals surface area (Å²) >= 11 is 0. The zero-order chi connectivity index (χ0) is 20.4. The van der Waals surface area contributed by atoms with Gasteiger partial charge in [-0.3, -0.25) is 19.9 Å². The third-order valence-electron chi connectivity index (χ3n) is 4.66. The predicted molar refractivity (Wildman–Crippen MR) is 103 cm³/mol. The number of halogens is 1.